The monoisotopic (exact) mass is 219 g/mol. The van der Waals surface area contributed by atoms with Crippen molar-refractivity contribution in [3.63, 3.8) is 0 Å². The van der Waals surface area contributed by atoms with Gasteiger partial charge in [-0.2, -0.15) is 0 Å². The number of hydrogen-bond acceptors (Lipinski definition) is 3. The van der Waals surface area contributed by atoms with E-state index in [1.165, 1.54) is 0 Å². The van der Waals surface area contributed by atoms with Gasteiger partial charge in [0.25, 0.3) is 0 Å². The third kappa shape index (κ3) is 1.51. The minimum absolute atomic E-state index is 0.110. The number of hydrogen-bond donors (Lipinski definition) is 2. The molecule has 1 aliphatic rings. The van der Waals surface area contributed by atoms with Gasteiger partial charge in [-0.1, -0.05) is 35.9 Å². The normalized spacial score (nSPS) is 24.8. The Balaban J connectivity index is 2.44. The van der Waals surface area contributed by atoms with Crippen molar-refractivity contribution < 1.29 is 9.39 Å². The van der Waals surface area contributed by atoms with E-state index in [4.69, 9.17) is 5.84 Å². The molecule has 16 heavy (non-hydrogen) atoms. The van der Waals surface area contributed by atoms with Gasteiger partial charge in [0.15, 0.2) is 6.20 Å². The predicted molar refractivity (Wildman–Crippen MR) is 61.1 cm³/mol. The van der Waals surface area contributed by atoms with E-state index < -0.39 is 0 Å². The van der Waals surface area contributed by atoms with Crippen molar-refractivity contribution in [3.05, 3.63) is 42.1 Å². The maximum atomic E-state index is 11.9. The molecule has 0 aromatic heterocycles. The molecule has 5 heteroatoms. The Hall–Kier alpha value is -1.69. The van der Waals surface area contributed by atoms with Crippen molar-refractivity contribution in [1.29, 1.82) is 0 Å². The Morgan fingerprint density at radius 2 is 1.94 bits per heavy atom. The number of hydrazine groups is 1. The van der Waals surface area contributed by atoms with Gasteiger partial charge in [0.2, 0.25) is 0 Å². The summed E-state index contributed by atoms with van der Waals surface area (Å²) in [4.78, 5) is 13.5. The van der Waals surface area contributed by atoms with Crippen molar-refractivity contribution in [1.82, 2.24) is 10.4 Å². The Labute approximate surface area is 94.3 Å². The van der Waals surface area contributed by atoms with Crippen LogP contribution >= 0.6 is 0 Å². The van der Waals surface area contributed by atoms with E-state index in [2.05, 4.69) is 5.53 Å². The third-order valence-corrected chi connectivity index (χ3v) is 2.76. The summed E-state index contributed by atoms with van der Waals surface area (Å²) in [5, 5.41) is 0. The van der Waals surface area contributed by atoms with E-state index in [0.717, 1.165) is 11.3 Å². The molecule has 0 saturated heterocycles. The highest BCUT2D eigenvalue weighted by Crippen LogP contribution is 2.27. The highest BCUT2D eigenvalue weighted by Gasteiger charge is 2.42. The molecule has 0 fully saturated rings. The van der Waals surface area contributed by atoms with E-state index in [1.807, 2.05) is 30.3 Å². The molecule has 1 atom stereocenters. The van der Waals surface area contributed by atoms with Crippen molar-refractivity contribution in [2.75, 3.05) is 14.1 Å². The molecule has 1 heterocycles. The second-order valence-electron chi connectivity index (χ2n) is 3.93. The quantitative estimate of drug-likeness (QED) is 0.441. The average molecular weight is 219 g/mol. The summed E-state index contributed by atoms with van der Waals surface area (Å²) in [6, 6.07) is 9.63. The van der Waals surface area contributed by atoms with E-state index >= 15 is 0 Å². The number of rotatable bonds is 2. The molecule has 0 radical (unpaired) electrons. The molecule has 0 saturated carbocycles. The first kappa shape index (κ1) is 10.8. The first-order valence-corrected chi connectivity index (χ1v) is 4.99. The van der Waals surface area contributed by atoms with Crippen LogP contribution in [0.25, 0.3) is 5.70 Å². The number of nitrogens with zero attached hydrogens (tertiary/aromatic N) is 2. The zero-order chi connectivity index (χ0) is 11.8. The fourth-order valence-electron chi connectivity index (χ4n) is 1.77. The standard InChI is InChI=1S/C11H15N4O/c1-14-10(9-6-4-3-5-7-9)8-15(2,13-12)11(14)16/h3-8,13H,12H2,1-2H3/q+1. The summed E-state index contributed by atoms with van der Waals surface area (Å²) >= 11 is 0. The maximum absolute atomic E-state index is 11.9. The van der Waals surface area contributed by atoms with E-state index in [-0.39, 0.29) is 10.6 Å². The molecule has 0 bridgehead atoms. The van der Waals surface area contributed by atoms with Crippen LogP contribution in [0.2, 0.25) is 0 Å². The summed E-state index contributed by atoms with van der Waals surface area (Å²) in [7, 11) is 3.44. The summed E-state index contributed by atoms with van der Waals surface area (Å²) in [5.74, 6) is 5.39. The van der Waals surface area contributed by atoms with E-state index in [1.54, 1.807) is 25.2 Å². The number of nitrogens with two attached hydrogens (primary N) is 1. The lowest BCUT2D eigenvalue weighted by Crippen LogP contribution is -2.58. The lowest BCUT2D eigenvalue weighted by Gasteiger charge is -2.20. The molecule has 0 aliphatic carbocycles. The molecular formula is C11H15N4O+. The van der Waals surface area contributed by atoms with Gasteiger partial charge in [0, 0.05) is 12.6 Å². The zero-order valence-electron chi connectivity index (χ0n) is 9.34. The number of carbonyl (C=O) groups excluding carboxylic acids is 1. The molecule has 0 spiro atoms. The molecule has 2 rings (SSSR count). The van der Waals surface area contributed by atoms with Gasteiger partial charge in [-0.05, 0) is 0 Å². The molecule has 5 nitrogen and oxygen atoms in total. The van der Waals surface area contributed by atoms with Crippen molar-refractivity contribution in [2.24, 2.45) is 5.84 Å². The van der Waals surface area contributed by atoms with Gasteiger partial charge in [-0.15, -0.1) is 4.59 Å². The van der Waals surface area contributed by atoms with Crippen LogP contribution in [-0.2, 0) is 0 Å². The van der Waals surface area contributed by atoms with Gasteiger partial charge in [0.05, 0.1) is 0 Å². The van der Waals surface area contributed by atoms with Crippen LogP contribution in [0.1, 0.15) is 5.56 Å². The minimum atomic E-state index is -0.124. The minimum Gasteiger partial charge on any atom is -0.257 e. The molecule has 1 aromatic carbocycles. The van der Waals surface area contributed by atoms with Crippen LogP contribution in [0, 0.1) is 0 Å². The van der Waals surface area contributed by atoms with Gasteiger partial charge in [-0.25, -0.2) is 10.6 Å². The van der Waals surface area contributed by atoms with Crippen molar-refractivity contribution >= 4 is 11.7 Å². The third-order valence-electron chi connectivity index (χ3n) is 2.76. The Morgan fingerprint density at radius 3 is 2.44 bits per heavy atom. The molecule has 84 valence electrons. The number of carbonyl (C=O) groups is 1. The lowest BCUT2D eigenvalue weighted by atomic mass is 10.1. The lowest BCUT2D eigenvalue weighted by molar-refractivity contribution is -0.824. The highest BCUT2D eigenvalue weighted by molar-refractivity contribution is 5.85. The molecule has 2 amide bonds. The molecule has 1 aromatic rings. The highest BCUT2D eigenvalue weighted by atomic mass is 16.2. The van der Waals surface area contributed by atoms with E-state index in [9.17, 15) is 4.79 Å². The topological polar surface area (TPSA) is 58.4 Å². The summed E-state index contributed by atoms with van der Waals surface area (Å²) in [5.41, 5.74) is 4.34. The SMILES string of the molecule is CN1C(=O)[N+](C)(NN)C=C1c1ccccc1. The van der Waals surface area contributed by atoms with Crippen molar-refractivity contribution in [3.8, 4) is 0 Å². The number of nitrogens with one attached hydrogen (secondary N) is 1. The summed E-state index contributed by atoms with van der Waals surface area (Å²) in [6.45, 7) is 0. The van der Waals surface area contributed by atoms with Crippen molar-refractivity contribution in [2.45, 2.75) is 0 Å². The van der Waals surface area contributed by atoms with Gasteiger partial charge in [0.1, 0.15) is 12.7 Å². The predicted octanol–water partition coefficient (Wildman–Crippen LogP) is 0.875. The second kappa shape index (κ2) is 3.71. The van der Waals surface area contributed by atoms with Gasteiger partial charge >= 0.3 is 6.03 Å². The maximum Gasteiger partial charge on any atom is 0.448 e. The number of urea groups is 1. The molecular weight excluding hydrogens is 204 g/mol. The first-order chi connectivity index (χ1) is 7.58. The van der Waals surface area contributed by atoms with Gasteiger partial charge < -0.3 is 0 Å². The Morgan fingerprint density at radius 1 is 1.31 bits per heavy atom. The fourth-order valence-corrected chi connectivity index (χ4v) is 1.77. The fraction of sp³-hybridized carbons (Fsp3) is 0.182. The van der Waals surface area contributed by atoms with Crippen LogP contribution < -0.4 is 11.4 Å². The van der Waals surface area contributed by atoms with Crippen LogP contribution in [0.15, 0.2) is 36.5 Å². The zero-order valence-corrected chi connectivity index (χ0v) is 9.34. The van der Waals surface area contributed by atoms with E-state index in [0.29, 0.717) is 0 Å². The summed E-state index contributed by atoms with van der Waals surface area (Å²) < 4.78 is -0.124. The Bertz CT molecular complexity index is 443. The second-order valence-corrected chi connectivity index (χ2v) is 3.93. The van der Waals surface area contributed by atoms with Crippen LogP contribution in [-0.4, -0.2) is 29.6 Å². The average Bonchev–Trinajstić information content (AvgIpc) is 2.56. The van der Waals surface area contributed by atoms with Gasteiger partial charge in [-0.3, -0.25) is 4.90 Å². The summed E-state index contributed by atoms with van der Waals surface area (Å²) in [6.07, 6.45) is 1.79. The number of benzene rings is 1. The Kier molecular flexibility index (Phi) is 2.51. The first-order valence-electron chi connectivity index (χ1n) is 4.99. The van der Waals surface area contributed by atoms with Crippen LogP contribution in [0.4, 0.5) is 4.79 Å². The van der Waals surface area contributed by atoms with Crippen LogP contribution in [0.5, 0.6) is 0 Å². The largest absolute Gasteiger partial charge is 0.448 e. The number of quaternary nitrogens is 1. The smallest absolute Gasteiger partial charge is 0.257 e. The molecule has 3 N–H and O–H groups in total. The molecule has 1 unspecified atom stereocenters. The molecule has 1 aliphatic heterocycles. The van der Waals surface area contributed by atoms with Crippen LogP contribution in [0.3, 0.4) is 0 Å². The number of amides is 2.